The van der Waals surface area contributed by atoms with Gasteiger partial charge in [-0.3, -0.25) is 14.5 Å². The van der Waals surface area contributed by atoms with Crippen molar-refractivity contribution in [3.63, 3.8) is 0 Å². The number of fused-ring (bicyclic) bond motifs is 1. The summed E-state index contributed by atoms with van der Waals surface area (Å²) in [5.74, 6) is -4.69. The maximum atomic E-state index is 12.7. The van der Waals surface area contributed by atoms with Gasteiger partial charge in [0.15, 0.2) is 21.0 Å². The van der Waals surface area contributed by atoms with Crippen LogP contribution < -0.4 is 11.1 Å². The number of aliphatic carboxylic acids is 1. The zero-order valence-corrected chi connectivity index (χ0v) is 18.2. The Bertz CT molecular complexity index is 1120. The number of aromatic nitrogens is 2. The molecule has 0 saturated carbocycles. The fourth-order valence-electron chi connectivity index (χ4n) is 2.91. The van der Waals surface area contributed by atoms with Crippen LogP contribution in [-0.4, -0.2) is 87.1 Å². The summed E-state index contributed by atoms with van der Waals surface area (Å²) in [6.07, 6.45) is 0. The topological polar surface area (TPSA) is 194 Å². The molecule has 1 saturated heterocycles. The first-order valence-electron chi connectivity index (χ1n) is 8.42. The molecule has 2 atom stereocenters. The van der Waals surface area contributed by atoms with Gasteiger partial charge in [-0.25, -0.2) is 22.0 Å². The van der Waals surface area contributed by atoms with E-state index in [-0.39, 0.29) is 22.3 Å². The Hall–Kier alpha value is -2.86. The molecule has 3 heterocycles. The second-order valence-electron chi connectivity index (χ2n) is 6.25. The molecule has 18 heteroatoms. The number of hydrogen-bond acceptors (Lipinski definition) is 12. The second kappa shape index (κ2) is 9.33. The molecule has 0 aliphatic carbocycles. The van der Waals surface area contributed by atoms with Gasteiger partial charge in [-0.2, -0.15) is 9.36 Å². The molecule has 3 rings (SSSR count). The predicted octanol–water partition coefficient (Wildman–Crippen LogP) is -1.15. The Kier molecular flexibility index (Phi) is 6.94. The van der Waals surface area contributed by atoms with E-state index in [1.165, 1.54) is 0 Å². The molecule has 4 N–H and O–H groups in total. The van der Waals surface area contributed by atoms with Gasteiger partial charge in [-0.05, 0) is 5.57 Å². The van der Waals surface area contributed by atoms with Crippen LogP contribution in [0.4, 0.5) is 13.9 Å². The number of nitrogens with one attached hydrogen (secondary N) is 1. The summed E-state index contributed by atoms with van der Waals surface area (Å²) >= 11 is 1.71. The van der Waals surface area contributed by atoms with Gasteiger partial charge >= 0.3 is 5.97 Å². The first-order valence-corrected chi connectivity index (χ1v) is 12.1. The van der Waals surface area contributed by atoms with Crippen molar-refractivity contribution < 1.29 is 41.5 Å². The lowest BCUT2D eigenvalue weighted by Gasteiger charge is -2.49. The van der Waals surface area contributed by atoms with E-state index in [1.54, 1.807) is 0 Å². The summed E-state index contributed by atoms with van der Waals surface area (Å²) in [6, 6.07) is -2.89. The number of alkyl halides is 2. The van der Waals surface area contributed by atoms with Crippen LogP contribution in [0.3, 0.4) is 0 Å². The second-order valence-corrected chi connectivity index (χ2v) is 10.1. The van der Waals surface area contributed by atoms with E-state index in [1.807, 2.05) is 0 Å². The summed E-state index contributed by atoms with van der Waals surface area (Å²) in [5.41, 5.74) is 4.17. The predicted molar refractivity (Wildman–Crippen MR) is 107 cm³/mol. The third kappa shape index (κ3) is 4.65. The molecule has 2 aliphatic rings. The highest BCUT2D eigenvalue weighted by Crippen LogP contribution is 2.40. The molecule has 1 fully saturated rings. The number of rotatable bonds is 9. The van der Waals surface area contributed by atoms with Gasteiger partial charge in [0.1, 0.15) is 17.1 Å². The lowest BCUT2D eigenvalue weighted by Crippen LogP contribution is -2.71. The highest BCUT2D eigenvalue weighted by molar-refractivity contribution is 8.00. The van der Waals surface area contributed by atoms with Gasteiger partial charge in [0.05, 0.1) is 5.75 Å². The van der Waals surface area contributed by atoms with Crippen LogP contribution in [0.25, 0.3) is 0 Å². The fourth-order valence-corrected chi connectivity index (χ4v) is 5.67. The summed E-state index contributed by atoms with van der Waals surface area (Å²) in [5, 5.41) is 14.2. The molecule has 13 nitrogen and oxygen atoms in total. The number of β-lactam (4-membered cyclic amide) rings is 1. The Balaban J connectivity index is 1.82. The van der Waals surface area contributed by atoms with Gasteiger partial charge < -0.3 is 21.0 Å². The number of nitrogens with zero attached hydrogens (tertiary/aromatic N) is 4. The van der Waals surface area contributed by atoms with E-state index in [2.05, 4.69) is 24.7 Å². The van der Waals surface area contributed by atoms with Gasteiger partial charge in [-0.1, -0.05) is 5.16 Å². The molecule has 1 aromatic rings. The number of thioether (sulfide) groups is 1. The third-order valence-corrected chi connectivity index (χ3v) is 7.17. The molecule has 1 unspecified atom stereocenters. The molecule has 174 valence electrons. The quantitative estimate of drug-likeness (QED) is 0.205. The molecular weight excluding hydrogens is 498 g/mol. The summed E-state index contributed by atoms with van der Waals surface area (Å²) in [7, 11) is -4.19. The Morgan fingerprint density at radius 1 is 1.41 bits per heavy atom. The zero-order valence-electron chi connectivity index (χ0n) is 15.7. The number of carboxylic acids is 1. The minimum atomic E-state index is -4.19. The Morgan fingerprint density at radius 3 is 2.69 bits per heavy atom. The minimum absolute atomic E-state index is 0.0125. The van der Waals surface area contributed by atoms with Crippen LogP contribution >= 0.6 is 23.3 Å². The van der Waals surface area contributed by atoms with Crippen LogP contribution in [0.15, 0.2) is 16.4 Å². The van der Waals surface area contributed by atoms with Crippen molar-refractivity contribution in [2.24, 2.45) is 5.16 Å². The van der Waals surface area contributed by atoms with Gasteiger partial charge in [0.2, 0.25) is 11.5 Å². The highest BCUT2D eigenvalue weighted by Gasteiger charge is 2.54. The van der Waals surface area contributed by atoms with Crippen molar-refractivity contribution >= 4 is 61.8 Å². The van der Waals surface area contributed by atoms with Crippen molar-refractivity contribution in [3.8, 4) is 0 Å². The van der Waals surface area contributed by atoms with Crippen molar-refractivity contribution in [1.29, 1.82) is 0 Å². The monoisotopic (exact) mass is 512 g/mol. The van der Waals surface area contributed by atoms with Crippen LogP contribution in [0, 0.1) is 0 Å². The maximum Gasteiger partial charge on any atom is 0.352 e. The van der Waals surface area contributed by atoms with E-state index in [9.17, 15) is 36.7 Å². The van der Waals surface area contributed by atoms with E-state index < -0.39 is 69.1 Å². The van der Waals surface area contributed by atoms with Crippen molar-refractivity contribution in [2.75, 3.05) is 30.1 Å². The van der Waals surface area contributed by atoms with Crippen LogP contribution in [0.2, 0.25) is 0 Å². The minimum Gasteiger partial charge on any atom is -0.477 e. The molecule has 2 aliphatic heterocycles. The maximum absolute atomic E-state index is 12.7. The number of anilines is 1. The lowest BCUT2D eigenvalue weighted by molar-refractivity contribution is -0.150. The molecule has 32 heavy (non-hydrogen) atoms. The van der Waals surface area contributed by atoms with Gasteiger partial charge in [0, 0.05) is 17.3 Å². The van der Waals surface area contributed by atoms with E-state index in [0.29, 0.717) is 0 Å². The highest BCUT2D eigenvalue weighted by atomic mass is 32.2. The largest absolute Gasteiger partial charge is 0.477 e. The van der Waals surface area contributed by atoms with Crippen molar-refractivity contribution in [1.82, 2.24) is 19.6 Å². The molecular formula is C14H14F2N6O7S3. The number of oxime groups is 1. The Labute approximate surface area is 186 Å². The van der Waals surface area contributed by atoms with E-state index in [0.717, 1.165) is 28.2 Å². The summed E-state index contributed by atoms with van der Waals surface area (Å²) in [6.45, 7) is -1.36. The standard InChI is InChI=1S/C14H14F2N6O7S3/c15-3-29-20-6(9-19-14(17)31-21-9)10(23)18-7-11(24)22-8(13(25)26)5(1-30-12(7)22)2-32(27,28)4-16/h7,12H,1-4H2,(H,18,23)(H,25,26)(H2,17,19,21)/b20-6-/t7?,12-/m1/s1. The number of nitrogens with two attached hydrogens (primary N) is 1. The SMILES string of the molecule is Nc1nc(/C(=N/OCF)C(=O)NC2C(=O)N3C(C(=O)O)=C(CS(=O)(=O)CF)CS[C@H]23)ns1. The van der Waals surface area contributed by atoms with Gasteiger partial charge in [-0.15, -0.1) is 11.8 Å². The number of hydrogen-bond donors (Lipinski definition) is 3. The molecule has 2 amide bonds. The zero-order chi connectivity index (χ0) is 23.6. The van der Waals surface area contributed by atoms with Crippen molar-refractivity contribution in [3.05, 3.63) is 17.1 Å². The molecule has 0 spiro atoms. The van der Waals surface area contributed by atoms with E-state index in [4.69, 9.17) is 5.73 Å². The number of sulfone groups is 1. The average molecular weight is 512 g/mol. The Morgan fingerprint density at radius 2 is 2.12 bits per heavy atom. The first-order chi connectivity index (χ1) is 15.1. The number of amides is 2. The lowest BCUT2D eigenvalue weighted by atomic mass is 10.0. The number of nitrogen functional groups attached to an aromatic ring is 1. The van der Waals surface area contributed by atoms with Crippen LogP contribution in [0.5, 0.6) is 0 Å². The number of carbonyl (C=O) groups is 3. The van der Waals surface area contributed by atoms with Crippen LogP contribution in [0.1, 0.15) is 5.82 Å². The first kappa shape index (κ1) is 23.8. The summed E-state index contributed by atoms with van der Waals surface area (Å²) < 4.78 is 52.0. The third-order valence-electron chi connectivity index (χ3n) is 4.17. The normalized spacial score (nSPS) is 21.1. The van der Waals surface area contributed by atoms with Gasteiger partial charge in [0.25, 0.3) is 18.7 Å². The fraction of sp³-hybridized carbons (Fsp3) is 0.429. The molecule has 1 aromatic heterocycles. The average Bonchev–Trinajstić information content (AvgIpc) is 3.17. The van der Waals surface area contributed by atoms with Crippen LogP contribution in [-0.2, 0) is 29.1 Å². The molecule has 0 aromatic carbocycles. The smallest absolute Gasteiger partial charge is 0.352 e. The number of carbonyl (C=O) groups excluding carboxylic acids is 2. The number of carboxylic acid groups (broad SMARTS) is 1. The number of halogens is 2. The van der Waals surface area contributed by atoms with Crippen molar-refractivity contribution in [2.45, 2.75) is 11.4 Å². The summed E-state index contributed by atoms with van der Waals surface area (Å²) in [4.78, 5) is 45.7. The van der Waals surface area contributed by atoms with E-state index >= 15 is 0 Å². The molecule has 0 radical (unpaired) electrons. The molecule has 0 bridgehead atoms.